The Hall–Kier alpha value is -4.08. The summed E-state index contributed by atoms with van der Waals surface area (Å²) in [5, 5.41) is 16.2. The number of nitrogens with one attached hydrogen (secondary N) is 3. The molecule has 0 bridgehead atoms. The molecule has 4 aromatic rings. The van der Waals surface area contributed by atoms with Crippen LogP contribution >= 0.6 is 11.6 Å². The maximum Gasteiger partial charge on any atom is 0.411 e. The van der Waals surface area contributed by atoms with E-state index in [2.05, 4.69) is 15.4 Å². The van der Waals surface area contributed by atoms with Gasteiger partial charge in [-0.25, -0.2) is 4.79 Å². The molecule has 2 aromatic carbocycles. The van der Waals surface area contributed by atoms with Crippen molar-refractivity contribution >= 4 is 22.5 Å². The van der Waals surface area contributed by atoms with Crippen molar-refractivity contribution in [2.75, 3.05) is 6.54 Å². The molecule has 0 spiro atoms. The Balaban J connectivity index is 1.58. The Morgan fingerprint density at radius 2 is 1.87 bits per heavy atom. The molecule has 3 heterocycles. The second-order valence-electron chi connectivity index (χ2n) is 10.2. The highest BCUT2D eigenvalue weighted by atomic mass is 35.5. The number of H-pyrrole nitrogens is 2. The molecule has 0 amide bonds. The molecule has 1 unspecified atom stereocenters. The first-order valence-corrected chi connectivity index (χ1v) is 12.1. The molecule has 202 valence electrons. The molecular formula is C26H22ClF3N6O3. The number of halogens is 4. The number of hydrogen-bond acceptors (Lipinski definition) is 6. The van der Waals surface area contributed by atoms with E-state index in [9.17, 15) is 22.8 Å². The van der Waals surface area contributed by atoms with Crippen molar-refractivity contribution in [3.05, 3.63) is 78.7 Å². The first-order chi connectivity index (χ1) is 18.2. The molecule has 3 N–H and O–H groups in total. The standard InChI is InChI=1S/C26H22ClF3N6O3/c1-12-7-13(36-23(38)34-22(37)18(10-31)35-36)8-16(27)20(12)39-14-5-6-17-15(9-14)19-21(33-17)25(4,26(28,29)30)32-11-24(19,2)3/h5-9,32-33H,11H2,1-4H3,(H,34,37,38). The second kappa shape index (κ2) is 8.72. The van der Waals surface area contributed by atoms with E-state index in [-0.39, 0.29) is 28.7 Å². The van der Waals surface area contributed by atoms with Gasteiger partial charge in [0.2, 0.25) is 5.69 Å². The number of aryl methyl sites for hydroxylation is 1. The van der Waals surface area contributed by atoms with Gasteiger partial charge in [0.25, 0.3) is 5.56 Å². The van der Waals surface area contributed by atoms with E-state index in [1.54, 1.807) is 31.2 Å². The number of rotatable bonds is 3. The van der Waals surface area contributed by atoms with Crippen LogP contribution in [-0.4, -0.2) is 32.5 Å². The summed E-state index contributed by atoms with van der Waals surface area (Å²) < 4.78 is 49.2. The molecule has 1 atom stereocenters. The number of hydrogen-bond donors (Lipinski definition) is 3. The van der Waals surface area contributed by atoms with Crippen LogP contribution in [0.5, 0.6) is 11.5 Å². The topological polar surface area (TPSA) is 129 Å². The molecule has 1 aliphatic rings. The highest BCUT2D eigenvalue weighted by molar-refractivity contribution is 6.32. The van der Waals surface area contributed by atoms with Crippen molar-refractivity contribution in [2.45, 2.75) is 44.8 Å². The van der Waals surface area contributed by atoms with E-state index in [4.69, 9.17) is 21.6 Å². The van der Waals surface area contributed by atoms with Crippen LogP contribution in [0.25, 0.3) is 16.6 Å². The normalized spacial score (nSPS) is 18.5. The second-order valence-corrected chi connectivity index (χ2v) is 10.7. The molecule has 39 heavy (non-hydrogen) atoms. The Labute approximate surface area is 224 Å². The lowest BCUT2D eigenvalue weighted by Crippen LogP contribution is -2.59. The van der Waals surface area contributed by atoms with Gasteiger partial charge in [-0.05, 0) is 55.3 Å². The van der Waals surface area contributed by atoms with Crippen molar-refractivity contribution in [1.82, 2.24) is 25.1 Å². The number of aromatic amines is 2. The summed E-state index contributed by atoms with van der Waals surface area (Å²) in [6.07, 6.45) is -4.53. The summed E-state index contributed by atoms with van der Waals surface area (Å²) >= 11 is 6.49. The van der Waals surface area contributed by atoms with Crippen LogP contribution in [0.3, 0.4) is 0 Å². The minimum Gasteiger partial charge on any atom is -0.456 e. The predicted octanol–water partition coefficient (Wildman–Crippen LogP) is 4.69. The number of aromatic nitrogens is 4. The molecule has 2 aromatic heterocycles. The quantitative estimate of drug-likeness (QED) is 0.335. The molecule has 9 nitrogen and oxygen atoms in total. The molecule has 0 fully saturated rings. The van der Waals surface area contributed by atoms with Crippen LogP contribution in [0, 0.1) is 18.3 Å². The average Bonchev–Trinajstić information content (AvgIpc) is 3.24. The highest BCUT2D eigenvalue weighted by Crippen LogP contribution is 2.49. The lowest BCUT2D eigenvalue weighted by atomic mass is 9.74. The maximum absolute atomic E-state index is 14.1. The first-order valence-electron chi connectivity index (χ1n) is 11.8. The van der Waals surface area contributed by atoms with Crippen LogP contribution in [0.2, 0.25) is 5.02 Å². The zero-order chi connectivity index (χ0) is 28.5. The van der Waals surface area contributed by atoms with E-state index >= 15 is 0 Å². The lowest BCUT2D eigenvalue weighted by molar-refractivity contribution is -0.199. The third-order valence-corrected chi connectivity index (χ3v) is 7.29. The molecule has 1 aliphatic heterocycles. The Morgan fingerprint density at radius 3 is 2.51 bits per heavy atom. The third-order valence-electron chi connectivity index (χ3n) is 7.01. The van der Waals surface area contributed by atoms with Crippen molar-refractivity contribution in [2.24, 2.45) is 0 Å². The molecule has 13 heteroatoms. The van der Waals surface area contributed by atoms with E-state index in [0.717, 1.165) is 11.6 Å². The molecule has 0 saturated carbocycles. The van der Waals surface area contributed by atoms with Gasteiger partial charge in [-0.15, -0.1) is 5.10 Å². The number of nitriles is 1. The summed E-state index contributed by atoms with van der Waals surface area (Å²) in [5.74, 6) is 0.597. The number of alkyl halides is 3. The van der Waals surface area contributed by atoms with Gasteiger partial charge in [-0.2, -0.15) is 23.1 Å². The summed E-state index contributed by atoms with van der Waals surface area (Å²) in [5.41, 5.74) is -3.25. The molecule has 0 aliphatic carbocycles. The van der Waals surface area contributed by atoms with E-state index in [1.165, 1.54) is 12.1 Å². The van der Waals surface area contributed by atoms with Gasteiger partial charge < -0.3 is 9.72 Å². The number of nitrogens with zero attached hydrogens (tertiary/aromatic N) is 3. The van der Waals surface area contributed by atoms with Gasteiger partial charge in [0.1, 0.15) is 17.6 Å². The molecule has 0 radical (unpaired) electrons. The maximum atomic E-state index is 14.1. The van der Waals surface area contributed by atoms with Gasteiger partial charge in [-0.1, -0.05) is 25.4 Å². The summed E-state index contributed by atoms with van der Waals surface area (Å²) in [7, 11) is 0. The van der Waals surface area contributed by atoms with Gasteiger partial charge in [-0.3, -0.25) is 15.1 Å². The monoisotopic (exact) mass is 558 g/mol. The minimum absolute atomic E-state index is 0.0625. The van der Waals surface area contributed by atoms with E-state index in [0.29, 0.717) is 27.8 Å². The van der Waals surface area contributed by atoms with Crippen molar-refractivity contribution in [3.63, 3.8) is 0 Å². The Kier molecular flexibility index (Phi) is 5.93. The fourth-order valence-corrected chi connectivity index (χ4v) is 5.16. The van der Waals surface area contributed by atoms with Crippen molar-refractivity contribution in [1.29, 1.82) is 5.26 Å². The van der Waals surface area contributed by atoms with Crippen LogP contribution in [-0.2, 0) is 11.0 Å². The van der Waals surface area contributed by atoms with Crippen molar-refractivity contribution < 1.29 is 17.9 Å². The number of ether oxygens (including phenoxy) is 1. The fourth-order valence-electron chi connectivity index (χ4n) is 4.86. The lowest BCUT2D eigenvalue weighted by Gasteiger charge is -2.43. The fraction of sp³-hybridized carbons (Fsp3) is 0.308. The largest absolute Gasteiger partial charge is 0.456 e. The van der Waals surface area contributed by atoms with Crippen LogP contribution in [0.1, 0.15) is 43.3 Å². The summed E-state index contributed by atoms with van der Waals surface area (Å²) in [6.45, 7) is 6.67. The van der Waals surface area contributed by atoms with Gasteiger partial charge >= 0.3 is 11.9 Å². The number of benzene rings is 2. The van der Waals surface area contributed by atoms with E-state index < -0.39 is 34.1 Å². The predicted molar refractivity (Wildman–Crippen MR) is 138 cm³/mol. The third kappa shape index (κ3) is 4.18. The Bertz CT molecular complexity index is 1790. The molecular weight excluding hydrogens is 537 g/mol. The zero-order valence-electron chi connectivity index (χ0n) is 21.2. The van der Waals surface area contributed by atoms with Crippen molar-refractivity contribution in [3.8, 4) is 23.3 Å². The number of fused-ring (bicyclic) bond motifs is 3. The highest BCUT2D eigenvalue weighted by Gasteiger charge is 2.57. The molecule has 0 saturated heterocycles. The van der Waals surface area contributed by atoms with Crippen LogP contribution in [0.15, 0.2) is 39.9 Å². The SMILES string of the molecule is Cc1cc(-n2nc(C#N)c(=O)[nH]c2=O)cc(Cl)c1Oc1ccc2[nH]c3c(c2c1)C(C)(C)CNC3(C)C(F)(F)F. The van der Waals surface area contributed by atoms with Crippen LogP contribution in [0.4, 0.5) is 13.2 Å². The zero-order valence-corrected chi connectivity index (χ0v) is 21.9. The average molecular weight is 559 g/mol. The van der Waals surface area contributed by atoms with Crippen LogP contribution < -0.4 is 21.3 Å². The minimum atomic E-state index is -4.53. The molecule has 5 rings (SSSR count). The summed E-state index contributed by atoms with van der Waals surface area (Å²) in [4.78, 5) is 28.9. The van der Waals surface area contributed by atoms with Gasteiger partial charge in [0.05, 0.1) is 10.7 Å². The van der Waals surface area contributed by atoms with Gasteiger partial charge in [0.15, 0.2) is 5.54 Å². The van der Waals surface area contributed by atoms with Gasteiger partial charge in [0, 0.05) is 28.6 Å². The van der Waals surface area contributed by atoms with E-state index in [1.807, 2.05) is 18.8 Å². The smallest absolute Gasteiger partial charge is 0.411 e. The first kappa shape index (κ1) is 26.5. The summed E-state index contributed by atoms with van der Waals surface area (Å²) in [6, 6.07) is 9.48. The Morgan fingerprint density at radius 1 is 1.15 bits per heavy atom.